The standard InChI is InChI=1S/C12H22Si/c1-11(2)10-13-9-8-12-6-4-3-5-7-12/h3-4,10,12H,5-9,13H2,1-2H3. The van der Waals surface area contributed by atoms with Crippen molar-refractivity contribution in [2.24, 2.45) is 5.92 Å². The Morgan fingerprint density at radius 2 is 2.31 bits per heavy atom. The molecule has 0 spiro atoms. The van der Waals surface area contributed by atoms with Gasteiger partial charge in [-0.15, -0.1) is 5.70 Å². The van der Waals surface area contributed by atoms with Crippen molar-refractivity contribution in [1.82, 2.24) is 0 Å². The van der Waals surface area contributed by atoms with Gasteiger partial charge in [0.2, 0.25) is 0 Å². The molecule has 1 unspecified atom stereocenters. The quantitative estimate of drug-likeness (QED) is 0.366. The van der Waals surface area contributed by atoms with Gasteiger partial charge in [0.15, 0.2) is 0 Å². The molecule has 0 aromatic carbocycles. The summed E-state index contributed by atoms with van der Waals surface area (Å²) in [7, 11) is 0.133. The molecule has 13 heavy (non-hydrogen) atoms. The van der Waals surface area contributed by atoms with Gasteiger partial charge in [0, 0.05) is 9.52 Å². The van der Waals surface area contributed by atoms with Crippen molar-refractivity contribution < 1.29 is 0 Å². The Morgan fingerprint density at radius 1 is 1.46 bits per heavy atom. The molecule has 1 atom stereocenters. The number of hydrogen-bond donors (Lipinski definition) is 0. The van der Waals surface area contributed by atoms with Gasteiger partial charge in [0.05, 0.1) is 0 Å². The topological polar surface area (TPSA) is 0 Å². The molecule has 0 nitrogen and oxygen atoms in total. The first-order valence-electron chi connectivity index (χ1n) is 5.57. The molecule has 0 bridgehead atoms. The Hall–Kier alpha value is -0.303. The van der Waals surface area contributed by atoms with E-state index in [4.69, 9.17) is 0 Å². The average Bonchev–Trinajstić information content (AvgIpc) is 2.14. The number of allylic oxidation sites excluding steroid dienone is 3. The second-order valence-electron chi connectivity index (χ2n) is 4.36. The fraction of sp³-hybridized carbons (Fsp3) is 0.667. The van der Waals surface area contributed by atoms with Crippen LogP contribution in [0.1, 0.15) is 39.5 Å². The van der Waals surface area contributed by atoms with Gasteiger partial charge in [0.25, 0.3) is 0 Å². The first-order valence-corrected chi connectivity index (χ1v) is 7.39. The summed E-state index contributed by atoms with van der Waals surface area (Å²) in [5, 5.41) is 0. The van der Waals surface area contributed by atoms with Crippen LogP contribution in [0.4, 0.5) is 0 Å². The van der Waals surface area contributed by atoms with Crippen LogP contribution in [0.15, 0.2) is 23.4 Å². The fourth-order valence-electron chi connectivity index (χ4n) is 1.92. The third-order valence-corrected chi connectivity index (χ3v) is 4.67. The van der Waals surface area contributed by atoms with Crippen molar-refractivity contribution in [1.29, 1.82) is 0 Å². The van der Waals surface area contributed by atoms with E-state index in [-0.39, 0.29) is 9.52 Å². The molecule has 0 saturated heterocycles. The van der Waals surface area contributed by atoms with Gasteiger partial charge in [-0.05, 0) is 39.0 Å². The zero-order chi connectivity index (χ0) is 9.52. The van der Waals surface area contributed by atoms with Crippen LogP contribution >= 0.6 is 0 Å². The van der Waals surface area contributed by atoms with Gasteiger partial charge in [0.1, 0.15) is 0 Å². The predicted molar refractivity (Wildman–Crippen MR) is 63.9 cm³/mol. The molecule has 1 aliphatic carbocycles. The van der Waals surface area contributed by atoms with Crippen molar-refractivity contribution in [3.8, 4) is 0 Å². The third-order valence-electron chi connectivity index (χ3n) is 2.75. The second-order valence-corrected chi connectivity index (χ2v) is 6.06. The predicted octanol–water partition coefficient (Wildman–Crippen LogP) is 3.24. The summed E-state index contributed by atoms with van der Waals surface area (Å²) < 4.78 is 0. The van der Waals surface area contributed by atoms with Crippen LogP contribution in [-0.4, -0.2) is 9.52 Å². The van der Waals surface area contributed by atoms with Crippen LogP contribution in [0, 0.1) is 5.92 Å². The largest absolute Gasteiger partial charge is 0.103 e. The molecule has 0 aliphatic heterocycles. The number of rotatable bonds is 4. The molecule has 74 valence electrons. The van der Waals surface area contributed by atoms with E-state index in [0.29, 0.717) is 0 Å². The maximum Gasteiger partial charge on any atom is 0.0453 e. The van der Waals surface area contributed by atoms with E-state index in [1.807, 2.05) is 0 Å². The molecule has 0 aromatic heterocycles. The summed E-state index contributed by atoms with van der Waals surface area (Å²) in [6.07, 6.45) is 10.3. The lowest BCUT2D eigenvalue weighted by Gasteiger charge is -2.16. The first-order chi connectivity index (χ1) is 6.29. The Kier molecular flexibility index (Phi) is 5.14. The molecule has 0 saturated carbocycles. The van der Waals surface area contributed by atoms with Crippen molar-refractivity contribution in [2.45, 2.75) is 45.6 Å². The molecule has 1 rings (SSSR count). The van der Waals surface area contributed by atoms with Crippen molar-refractivity contribution in [3.05, 3.63) is 23.4 Å². The van der Waals surface area contributed by atoms with E-state index < -0.39 is 0 Å². The lowest BCUT2D eigenvalue weighted by molar-refractivity contribution is 0.465. The Labute approximate surface area is 84.9 Å². The zero-order valence-corrected chi connectivity index (χ0v) is 10.5. The van der Waals surface area contributed by atoms with Crippen LogP contribution in [0.2, 0.25) is 6.04 Å². The van der Waals surface area contributed by atoms with E-state index in [1.165, 1.54) is 37.3 Å². The number of hydrogen-bond acceptors (Lipinski definition) is 0. The Morgan fingerprint density at radius 3 is 2.92 bits per heavy atom. The highest BCUT2D eigenvalue weighted by Gasteiger charge is 2.08. The summed E-state index contributed by atoms with van der Waals surface area (Å²) in [5.74, 6) is 1.02. The van der Waals surface area contributed by atoms with Gasteiger partial charge in [-0.2, -0.15) is 0 Å². The van der Waals surface area contributed by atoms with Crippen LogP contribution in [0.5, 0.6) is 0 Å². The fourth-order valence-corrected chi connectivity index (χ4v) is 3.51. The van der Waals surface area contributed by atoms with E-state index in [2.05, 4.69) is 31.7 Å². The van der Waals surface area contributed by atoms with Gasteiger partial charge < -0.3 is 0 Å². The smallest absolute Gasteiger partial charge is 0.0453 e. The molecule has 1 aliphatic rings. The molecular weight excluding hydrogens is 172 g/mol. The molecular formula is C12H22Si. The minimum Gasteiger partial charge on any atom is -0.103 e. The van der Waals surface area contributed by atoms with Gasteiger partial charge >= 0.3 is 0 Å². The van der Waals surface area contributed by atoms with Crippen LogP contribution < -0.4 is 0 Å². The van der Waals surface area contributed by atoms with E-state index in [9.17, 15) is 0 Å². The SMILES string of the molecule is CC(C)=C[SiH2]CCC1CC=CCC1. The second kappa shape index (κ2) is 6.20. The molecule has 0 radical (unpaired) electrons. The Balaban J connectivity index is 2.05. The van der Waals surface area contributed by atoms with Crippen LogP contribution in [0.3, 0.4) is 0 Å². The third kappa shape index (κ3) is 5.09. The highest BCUT2D eigenvalue weighted by Crippen LogP contribution is 2.22. The first kappa shape index (κ1) is 10.8. The van der Waals surface area contributed by atoms with Gasteiger partial charge in [-0.3, -0.25) is 0 Å². The van der Waals surface area contributed by atoms with E-state index in [1.54, 1.807) is 0 Å². The average molecular weight is 194 g/mol. The maximum atomic E-state index is 2.50. The molecule has 0 N–H and O–H groups in total. The van der Waals surface area contributed by atoms with Crippen LogP contribution in [0.25, 0.3) is 0 Å². The monoisotopic (exact) mass is 194 g/mol. The highest BCUT2D eigenvalue weighted by molar-refractivity contribution is 6.42. The molecule has 0 amide bonds. The highest BCUT2D eigenvalue weighted by atomic mass is 28.2. The Bertz CT molecular complexity index is 187. The minimum absolute atomic E-state index is 0.133. The van der Waals surface area contributed by atoms with Crippen LogP contribution in [-0.2, 0) is 0 Å². The normalized spacial score (nSPS) is 22.5. The zero-order valence-electron chi connectivity index (χ0n) is 9.05. The van der Waals surface area contributed by atoms with Gasteiger partial charge in [-0.1, -0.05) is 30.2 Å². The van der Waals surface area contributed by atoms with E-state index >= 15 is 0 Å². The van der Waals surface area contributed by atoms with Crippen molar-refractivity contribution in [3.63, 3.8) is 0 Å². The molecule has 0 heterocycles. The molecule has 0 aromatic rings. The molecule has 0 fully saturated rings. The molecule has 1 heteroatoms. The summed E-state index contributed by atoms with van der Waals surface area (Å²) in [5.41, 5.74) is 4.02. The van der Waals surface area contributed by atoms with Crippen molar-refractivity contribution in [2.75, 3.05) is 0 Å². The van der Waals surface area contributed by atoms with E-state index in [0.717, 1.165) is 5.92 Å². The summed E-state index contributed by atoms with van der Waals surface area (Å²) >= 11 is 0. The summed E-state index contributed by atoms with van der Waals surface area (Å²) in [6.45, 7) is 4.44. The minimum atomic E-state index is 0.133. The van der Waals surface area contributed by atoms with Crippen molar-refractivity contribution >= 4 is 9.52 Å². The van der Waals surface area contributed by atoms with Gasteiger partial charge in [-0.25, -0.2) is 0 Å². The maximum absolute atomic E-state index is 2.50. The lowest BCUT2D eigenvalue weighted by atomic mass is 9.92. The summed E-state index contributed by atoms with van der Waals surface area (Å²) in [6, 6.07) is 1.52. The summed E-state index contributed by atoms with van der Waals surface area (Å²) in [4.78, 5) is 0. The lowest BCUT2D eigenvalue weighted by Crippen LogP contribution is -2.03.